The smallest absolute Gasteiger partial charge is 0.306 e. The van der Waals surface area contributed by atoms with E-state index in [1.165, 1.54) is 89.9 Å². The third-order valence-electron chi connectivity index (χ3n) is 9.32. The van der Waals surface area contributed by atoms with E-state index in [-0.39, 0.29) is 37.5 Å². The van der Waals surface area contributed by atoms with Gasteiger partial charge in [0.15, 0.2) is 6.10 Å². The van der Waals surface area contributed by atoms with Crippen LogP contribution in [0.2, 0.25) is 0 Å². The Morgan fingerprint density at radius 3 is 1.25 bits per heavy atom. The van der Waals surface area contributed by atoms with Gasteiger partial charge in [-0.25, -0.2) is 0 Å². The van der Waals surface area contributed by atoms with Crippen LogP contribution in [0.25, 0.3) is 0 Å². The molecule has 0 saturated carbocycles. The highest BCUT2D eigenvalue weighted by Gasteiger charge is 2.19. The zero-order valence-corrected chi connectivity index (χ0v) is 35.7. The summed E-state index contributed by atoms with van der Waals surface area (Å²) in [6, 6.07) is 0. The van der Waals surface area contributed by atoms with Crippen molar-refractivity contribution in [3.63, 3.8) is 0 Å². The molecule has 0 aliphatic carbocycles. The summed E-state index contributed by atoms with van der Waals surface area (Å²) < 4.78 is 16.6. The van der Waals surface area contributed by atoms with Crippen molar-refractivity contribution in [2.75, 3.05) is 13.2 Å². The molecule has 0 fully saturated rings. The van der Waals surface area contributed by atoms with Gasteiger partial charge in [0.05, 0.1) is 0 Å². The molecule has 0 aliphatic heterocycles. The van der Waals surface area contributed by atoms with Crippen molar-refractivity contribution in [2.24, 2.45) is 0 Å². The summed E-state index contributed by atoms with van der Waals surface area (Å²) >= 11 is 0. The number of hydrogen-bond acceptors (Lipinski definition) is 6. The number of carbonyl (C=O) groups excluding carboxylic acids is 3. The Kier molecular flexibility index (Phi) is 41.1. The van der Waals surface area contributed by atoms with Crippen LogP contribution >= 0.6 is 0 Å². The second-order valence-corrected chi connectivity index (χ2v) is 14.7. The molecule has 1 atom stereocenters. The first-order chi connectivity index (χ1) is 27.0. The van der Waals surface area contributed by atoms with Gasteiger partial charge >= 0.3 is 17.9 Å². The van der Waals surface area contributed by atoms with E-state index in [0.717, 1.165) is 64.2 Å². The molecule has 0 rings (SSSR count). The van der Waals surface area contributed by atoms with Gasteiger partial charge < -0.3 is 14.2 Å². The number of allylic oxidation sites excluding steroid dienone is 12. The number of ether oxygens (including phenoxy) is 3. The molecule has 0 spiro atoms. The fraction of sp³-hybridized carbons (Fsp3) is 0.694. The Hall–Kier alpha value is -3.15. The molecular weight excluding hydrogens is 685 g/mol. The van der Waals surface area contributed by atoms with Gasteiger partial charge in [-0.3, -0.25) is 14.4 Å². The highest BCUT2D eigenvalue weighted by molar-refractivity contribution is 5.71. The molecule has 0 heterocycles. The number of rotatable bonds is 39. The van der Waals surface area contributed by atoms with Crippen LogP contribution in [0.4, 0.5) is 0 Å². The number of carbonyl (C=O) groups is 3. The quantitative estimate of drug-likeness (QED) is 0.0204. The Balaban J connectivity index is 4.51. The van der Waals surface area contributed by atoms with Gasteiger partial charge in [0.2, 0.25) is 0 Å². The predicted molar refractivity (Wildman–Crippen MR) is 233 cm³/mol. The fourth-order valence-corrected chi connectivity index (χ4v) is 5.94. The molecule has 0 saturated heterocycles. The van der Waals surface area contributed by atoms with Crippen molar-refractivity contribution in [3.8, 4) is 0 Å². The normalized spacial score (nSPS) is 12.7. The first kappa shape index (κ1) is 51.9. The van der Waals surface area contributed by atoms with Gasteiger partial charge in [-0.15, -0.1) is 0 Å². The van der Waals surface area contributed by atoms with E-state index in [9.17, 15) is 14.4 Å². The summed E-state index contributed by atoms with van der Waals surface area (Å²) in [5.74, 6) is -0.993. The highest BCUT2D eigenvalue weighted by Crippen LogP contribution is 2.14. The van der Waals surface area contributed by atoms with E-state index in [1.807, 2.05) is 54.7 Å². The second kappa shape index (κ2) is 43.6. The molecule has 0 bridgehead atoms. The van der Waals surface area contributed by atoms with Crippen LogP contribution in [0.3, 0.4) is 0 Å². The predicted octanol–water partition coefficient (Wildman–Crippen LogP) is 14.3. The van der Waals surface area contributed by atoms with Crippen molar-refractivity contribution in [1.29, 1.82) is 0 Å². The molecule has 314 valence electrons. The first-order valence-corrected chi connectivity index (χ1v) is 22.5. The van der Waals surface area contributed by atoms with Crippen molar-refractivity contribution < 1.29 is 28.6 Å². The van der Waals surface area contributed by atoms with Crippen LogP contribution in [0, 0.1) is 0 Å². The van der Waals surface area contributed by atoms with Crippen LogP contribution in [0.15, 0.2) is 72.9 Å². The van der Waals surface area contributed by atoms with Gasteiger partial charge in [-0.1, -0.05) is 196 Å². The Labute approximate surface area is 338 Å². The van der Waals surface area contributed by atoms with E-state index in [1.54, 1.807) is 0 Å². The maximum atomic E-state index is 12.7. The zero-order valence-electron chi connectivity index (χ0n) is 35.7. The van der Waals surface area contributed by atoms with E-state index in [0.29, 0.717) is 19.3 Å². The van der Waals surface area contributed by atoms with E-state index < -0.39 is 6.10 Å². The average Bonchev–Trinajstić information content (AvgIpc) is 3.18. The summed E-state index contributed by atoms with van der Waals surface area (Å²) in [6.07, 6.45) is 53.2. The lowest BCUT2D eigenvalue weighted by Crippen LogP contribution is -2.30. The fourth-order valence-electron chi connectivity index (χ4n) is 5.94. The molecule has 0 aromatic heterocycles. The van der Waals surface area contributed by atoms with E-state index in [4.69, 9.17) is 14.2 Å². The average molecular weight is 767 g/mol. The molecule has 0 radical (unpaired) electrons. The number of hydrogen-bond donors (Lipinski definition) is 0. The minimum absolute atomic E-state index is 0.100. The molecule has 0 aromatic rings. The molecular formula is C49H82O6. The number of esters is 3. The summed E-state index contributed by atoms with van der Waals surface area (Å²) in [5, 5.41) is 0. The van der Waals surface area contributed by atoms with Gasteiger partial charge in [0.25, 0.3) is 0 Å². The van der Waals surface area contributed by atoms with Crippen molar-refractivity contribution in [3.05, 3.63) is 72.9 Å². The molecule has 6 heteroatoms. The lowest BCUT2D eigenvalue weighted by atomic mass is 10.0. The largest absolute Gasteiger partial charge is 0.462 e. The molecule has 0 amide bonds. The maximum absolute atomic E-state index is 12.7. The van der Waals surface area contributed by atoms with Crippen LogP contribution in [-0.4, -0.2) is 37.2 Å². The standard InChI is InChI=1S/C49H82O6/c1-4-7-10-13-16-19-22-25-28-30-33-36-39-42-48(51)54-45-46(55-49(52)43-40-37-34-31-27-24-21-18-15-12-9-6-3)44-53-47(50)41-38-35-32-29-26-23-20-17-14-11-8-5-2/h7,10,13,16,18-19,21-22,25,28,30,33,46H,4-6,8-9,11-12,14-15,17,20,23-24,26-27,29,31-32,34-45H2,1-3H3/b10-7-,16-13-,21-18-,22-19-,28-25-,33-30-. The SMILES string of the molecule is CC\C=C/C=C\C=C/C=C\C=C/CCCC(=O)OCC(COC(=O)CCCCCCCCCCCCCC)OC(=O)CCCCCCC/C=C\CCCCC. The summed E-state index contributed by atoms with van der Waals surface area (Å²) in [5.41, 5.74) is 0. The van der Waals surface area contributed by atoms with E-state index >= 15 is 0 Å². The second-order valence-electron chi connectivity index (χ2n) is 14.7. The maximum Gasteiger partial charge on any atom is 0.306 e. The van der Waals surface area contributed by atoms with Crippen LogP contribution in [0.1, 0.15) is 201 Å². The lowest BCUT2D eigenvalue weighted by molar-refractivity contribution is -0.167. The van der Waals surface area contributed by atoms with Crippen LogP contribution in [-0.2, 0) is 28.6 Å². The summed E-state index contributed by atoms with van der Waals surface area (Å²) in [4.78, 5) is 37.7. The van der Waals surface area contributed by atoms with Gasteiger partial charge in [-0.05, 0) is 57.8 Å². The third kappa shape index (κ3) is 41.8. The first-order valence-electron chi connectivity index (χ1n) is 22.5. The van der Waals surface area contributed by atoms with E-state index in [2.05, 4.69) is 39.0 Å². The van der Waals surface area contributed by atoms with Crippen molar-refractivity contribution in [1.82, 2.24) is 0 Å². The van der Waals surface area contributed by atoms with Gasteiger partial charge in [0.1, 0.15) is 13.2 Å². The Morgan fingerprint density at radius 1 is 0.382 bits per heavy atom. The summed E-state index contributed by atoms with van der Waals surface area (Å²) in [7, 11) is 0. The van der Waals surface area contributed by atoms with Crippen molar-refractivity contribution in [2.45, 2.75) is 207 Å². The topological polar surface area (TPSA) is 78.9 Å². The Bertz CT molecular complexity index is 1070. The third-order valence-corrected chi connectivity index (χ3v) is 9.32. The van der Waals surface area contributed by atoms with Crippen molar-refractivity contribution >= 4 is 17.9 Å². The highest BCUT2D eigenvalue weighted by atomic mass is 16.6. The summed E-state index contributed by atoms with van der Waals surface area (Å²) in [6.45, 7) is 6.37. The molecule has 0 N–H and O–H groups in total. The number of unbranched alkanes of at least 4 members (excludes halogenated alkanes) is 20. The monoisotopic (exact) mass is 767 g/mol. The molecule has 0 aliphatic rings. The Morgan fingerprint density at radius 2 is 0.745 bits per heavy atom. The zero-order chi connectivity index (χ0) is 40.1. The molecule has 55 heavy (non-hydrogen) atoms. The minimum atomic E-state index is -0.804. The molecule has 1 unspecified atom stereocenters. The van der Waals surface area contributed by atoms with Crippen LogP contribution < -0.4 is 0 Å². The molecule has 6 nitrogen and oxygen atoms in total. The van der Waals surface area contributed by atoms with Gasteiger partial charge in [0, 0.05) is 19.3 Å². The minimum Gasteiger partial charge on any atom is -0.462 e. The van der Waals surface area contributed by atoms with Gasteiger partial charge in [-0.2, -0.15) is 0 Å². The van der Waals surface area contributed by atoms with Crippen LogP contribution in [0.5, 0.6) is 0 Å². The lowest BCUT2D eigenvalue weighted by Gasteiger charge is -2.18. The molecule has 0 aromatic carbocycles.